The summed E-state index contributed by atoms with van der Waals surface area (Å²) in [6, 6.07) is 19.1. The van der Waals surface area contributed by atoms with Crippen molar-refractivity contribution in [3.05, 3.63) is 59.7 Å². The van der Waals surface area contributed by atoms with Crippen molar-refractivity contribution in [3.63, 3.8) is 0 Å². The highest BCUT2D eigenvalue weighted by Crippen LogP contribution is 2.34. The van der Waals surface area contributed by atoms with Gasteiger partial charge in [0.25, 0.3) is 0 Å². The van der Waals surface area contributed by atoms with E-state index in [4.69, 9.17) is 40.1 Å². The molecule has 0 aliphatic carbocycles. The van der Waals surface area contributed by atoms with Gasteiger partial charge in [0.05, 0.1) is 13.7 Å². The second-order valence-corrected chi connectivity index (χ2v) is 46.3. The summed E-state index contributed by atoms with van der Waals surface area (Å²) in [5.41, 5.74) is 1.70. The third-order valence-electron chi connectivity index (χ3n) is 11.0. The Hall–Kier alpha value is -1.96. The van der Waals surface area contributed by atoms with E-state index in [2.05, 4.69) is 118 Å². The smallest absolute Gasteiger partial charge is 0.437 e. The number of hydrogen-bond donors (Lipinski definition) is 0. The minimum Gasteiger partial charge on any atom is -0.437 e. The fourth-order valence-electron chi connectivity index (χ4n) is 8.15. The van der Waals surface area contributed by atoms with E-state index < -0.39 is 62.7 Å². The first-order chi connectivity index (χ1) is 31.0. The van der Waals surface area contributed by atoms with Crippen molar-refractivity contribution >= 4 is 62.7 Å². The lowest BCUT2D eigenvalue weighted by Gasteiger charge is -2.39. The lowest BCUT2D eigenvalue weighted by Crippen LogP contribution is -2.52. The highest BCUT2D eigenvalue weighted by atomic mass is 28.5. The van der Waals surface area contributed by atoms with Gasteiger partial charge in [0.1, 0.15) is 18.1 Å². The average Bonchev–Trinajstić information content (AvgIpc) is 3.20. The molecule has 2 rings (SSSR count). The first-order valence-electron chi connectivity index (χ1n) is 24.8. The van der Waals surface area contributed by atoms with E-state index in [-0.39, 0.29) is 12.0 Å². The van der Waals surface area contributed by atoms with Gasteiger partial charge in [-0.3, -0.25) is 0 Å². The van der Waals surface area contributed by atoms with Crippen LogP contribution in [0.2, 0.25) is 103 Å². The van der Waals surface area contributed by atoms with E-state index in [0.717, 1.165) is 55.7 Å². The molecule has 0 radical (unpaired) electrons. The van der Waals surface area contributed by atoms with Crippen LogP contribution in [0.15, 0.2) is 48.5 Å². The Balaban J connectivity index is 0.000000857. The Labute approximate surface area is 414 Å². The number of carbonyl (C=O) groups excluding carboxylic acids is 2. The van der Waals surface area contributed by atoms with Crippen LogP contribution >= 0.6 is 0 Å². The van der Waals surface area contributed by atoms with Crippen molar-refractivity contribution < 1.29 is 54.5 Å². The first-order valence-corrected chi connectivity index (χ1v) is 42.9. The van der Waals surface area contributed by atoms with E-state index in [1.807, 2.05) is 24.3 Å². The van der Waals surface area contributed by atoms with Gasteiger partial charge >= 0.3 is 29.4 Å². The zero-order valence-electron chi connectivity index (χ0n) is 45.3. The number of unbranched alkanes of at least 4 members (excludes halogenated alkanes) is 2. The first kappa shape index (κ1) is 63.1. The predicted molar refractivity (Wildman–Crippen MR) is 289 cm³/mol. The Kier molecular flexibility index (Phi) is 28.3. The molecule has 2 aromatic carbocycles. The molecular weight excluding hydrogens is 949 g/mol. The maximum Gasteiger partial charge on any atom is 0.513 e. The molecule has 0 aliphatic rings. The summed E-state index contributed by atoms with van der Waals surface area (Å²) in [4.78, 5) is 23.5. The molecule has 0 aliphatic heterocycles. The maximum absolute atomic E-state index is 12.2. The van der Waals surface area contributed by atoms with E-state index in [0.29, 0.717) is 24.7 Å². The van der Waals surface area contributed by atoms with E-state index in [9.17, 15) is 9.59 Å². The molecule has 18 heteroatoms. The zero-order chi connectivity index (χ0) is 51.0. The van der Waals surface area contributed by atoms with E-state index >= 15 is 0 Å². The van der Waals surface area contributed by atoms with E-state index in [1.165, 1.54) is 44.9 Å². The monoisotopic (exact) mass is 1040 g/mol. The zero-order valence-corrected chi connectivity index (χ0v) is 51.3. The molecule has 67 heavy (non-hydrogen) atoms. The summed E-state index contributed by atoms with van der Waals surface area (Å²) in [5, 5.41) is 0. The molecule has 0 saturated carbocycles. The van der Waals surface area contributed by atoms with Crippen molar-refractivity contribution in [2.75, 3.05) is 40.1 Å². The minimum absolute atomic E-state index is 0.113. The van der Waals surface area contributed by atoms with Crippen LogP contribution in [0.1, 0.15) is 90.7 Å². The molecule has 386 valence electrons. The summed E-state index contributed by atoms with van der Waals surface area (Å²) in [6.07, 6.45) is 6.50. The number of rotatable bonds is 31. The second-order valence-electron chi connectivity index (χ2n) is 21.3. The summed E-state index contributed by atoms with van der Waals surface area (Å²) >= 11 is 0. The third kappa shape index (κ3) is 28.5. The predicted octanol–water partition coefficient (Wildman–Crippen LogP) is 14.8. The summed E-state index contributed by atoms with van der Waals surface area (Å²) < 4.78 is 57.8. The summed E-state index contributed by atoms with van der Waals surface area (Å²) in [7, 11) is -9.77. The van der Waals surface area contributed by atoms with Gasteiger partial charge in [-0.2, -0.15) is 0 Å². The van der Waals surface area contributed by atoms with Crippen LogP contribution in [-0.4, -0.2) is 103 Å². The molecule has 0 bridgehead atoms. The van der Waals surface area contributed by atoms with Gasteiger partial charge < -0.3 is 44.9 Å². The van der Waals surface area contributed by atoms with E-state index in [1.54, 1.807) is 24.3 Å². The standard InChI is InChI=1S/C33H54O9Si3.C16H40O3Si3/c1-11-12-25-43(5,6)41-45(9,10)42-44(7,8)26-13-22-37-23-24-38-32(35)40-30-20-16-28(17-21-30)33(2,3)27-14-18-29(19-15-27)39-31(34)36-4;1-9-11-15-20(3,4)18-22(7,8)19-21(5,6)16-12-14-17-13-10-2/h14-21H,11-13,22-26H2,1-10H3;9-16H2,1-8H3. The van der Waals surface area contributed by atoms with Gasteiger partial charge in [-0.25, -0.2) is 9.59 Å². The Morgan fingerprint density at radius 2 is 0.791 bits per heavy atom. The van der Waals surface area contributed by atoms with Crippen LogP contribution in [0.25, 0.3) is 0 Å². The summed E-state index contributed by atoms with van der Waals surface area (Å²) in [5.74, 6) is 0.792. The Morgan fingerprint density at radius 3 is 1.13 bits per heavy atom. The Morgan fingerprint density at radius 1 is 0.448 bits per heavy atom. The van der Waals surface area contributed by atoms with Crippen LogP contribution in [0.3, 0.4) is 0 Å². The number of carbonyl (C=O) groups is 2. The normalized spacial score (nSPS) is 12.9. The molecule has 0 saturated heterocycles. The molecule has 0 aromatic heterocycles. The molecule has 0 amide bonds. The molecular formula is C49H94O12Si6. The van der Waals surface area contributed by atoms with Gasteiger partial charge in [0.2, 0.25) is 0 Å². The number of methoxy groups -OCH3 is 1. The van der Waals surface area contributed by atoms with Crippen LogP contribution in [0, 0.1) is 0 Å². The van der Waals surface area contributed by atoms with Crippen molar-refractivity contribution in [1.82, 2.24) is 0 Å². The quantitative estimate of drug-likeness (QED) is 0.0309. The van der Waals surface area contributed by atoms with Crippen LogP contribution in [-0.2, 0) is 40.8 Å². The van der Waals surface area contributed by atoms with Gasteiger partial charge in [-0.05, 0) is 157 Å². The van der Waals surface area contributed by atoms with Crippen molar-refractivity contribution in [3.8, 4) is 11.5 Å². The molecule has 0 N–H and O–H groups in total. The maximum atomic E-state index is 12.2. The van der Waals surface area contributed by atoms with Crippen molar-refractivity contribution in [1.29, 1.82) is 0 Å². The summed E-state index contributed by atoms with van der Waals surface area (Å²) in [6.45, 7) is 40.8. The lowest BCUT2D eigenvalue weighted by molar-refractivity contribution is 0.0521. The van der Waals surface area contributed by atoms with Gasteiger partial charge in [-0.15, -0.1) is 0 Å². The number of benzene rings is 2. The lowest BCUT2D eigenvalue weighted by atomic mass is 9.78. The highest BCUT2D eigenvalue weighted by Gasteiger charge is 2.40. The highest BCUT2D eigenvalue weighted by molar-refractivity contribution is 6.88. The van der Waals surface area contributed by atoms with Gasteiger partial charge in [0, 0.05) is 25.2 Å². The molecule has 0 spiro atoms. The topological polar surface area (TPSA) is 126 Å². The molecule has 0 heterocycles. The van der Waals surface area contributed by atoms with Gasteiger partial charge in [-0.1, -0.05) is 84.6 Å². The minimum atomic E-state index is -2.19. The SMILES string of the molecule is CCCC[Si](C)(C)O[Si](C)(C)O[Si](C)(C)CCCOCCC.CCCC[Si](C)(C)O[Si](C)(C)O[Si](C)(C)CCCOCCOC(=O)Oc1ccc(C(C)(C)c2ccc(OC(=O)OC)cc2)cc1. The molecule has 0 unspecified atom stereocenters. The van der Waals surface area contributed by atoms with Crippen molar-refractivity contribution in [2.45, 2.75) is 188 Å². The molecule has 2 aromatic rings. The Bertz CT molecular complexity index is 1690. The van der Waals surface area contributed by atoms with Crippen LogP contribution in [0.4, 0.5) is 9.59 Å². The van der Waals surface area contributed by atoms with Crippen LogP contribution < -0.4 is 9.47 Å². The number of ether oxygens (including phenoxy) is 6. The average molecular weight is 1040 g/mol. The van der Waals surface area contributed by atoms with Crippen molar-refractivity contribution in [2.24, 2.45) is 0 Å². The van der Waals surface area contributed by atoms with Gasteiger partial charge in [0.15, 0.2) is 33.3 Å². The third-order valence-corrected chi connectivity index (χ3v) is 33.9. The molecule has 12 nitrogen and oxygen atoms in total. The van der Waals surface area contributed by atoms with Crippen LogP contribution in [0.5, 0.6) is 11.5 Å². The second kappa shape index (κ2) is 30.0. The molecule has 0 atom stereocenters. The fraction of sp³-hybridized carbons (Fsp3) is 0.714. The largest absolute Gasteiger partial charge is 0.513 e. The molecule has 0 fully saturated rings. The number of hydrogen-bond acceptors (Lipinski definition) is 12. The fourth-order valence-corrected chi connectivity index (χ4v) is 36.6.